The van der Waals surface area contributed by atoms with Crippen LogP contribution in [0.5, 0.6) is 0 Å². The Labute approximate surface area is 73.0 Å². The van der Waals surface area contributed by atoms with Crippen LogP contribution in [0.4, 0.5) is 0 Å². The molecule has 1 heterocycles. The van der Waals surface area contributed by atoms with Crippen LogP contribution in [-0.2, 0) is 0 Å². The Bertz CT molecular complexity index is 146. The number of nitrogens with zero attached hydrogens (tertiary/aromatic N) is 1. The average molecular weight is 174 g/mol. The Morgan fingerprint density at radius 2 is 1.75 bits per heavy atom. The van der Waals surface area contributed by atoms with Crippen LogP contribution in [0.3, 0.4) is 0 Å². The highest BCUT2D eigenvalue weighted by atomic mass is 16.3. The van der Waals surface area contributed by atoms with E-state index in [2.05, 4.69) is 0 Å². The summed E-state index contributed by atoms with van der Waals surface area (Å²) in [6.45, 7) is 5.64. The smallest absolute Gasteiger partial charge is 0.0938 e. The van der Waals surface area contributed by atoms with Gasteiger partial charge in [-0.25, -0.2) is 0 Å². The Morgan fingerprint density at radius 1 is 1.33 bits per heavy atom. The summed E-state index contributed by atoms with van der Waals surface area (Å²) in [5, 5.41) is 18.5. The van der Waals surface area contributed by atoms with Crippen molar-refractivity contribution in [3.8, 4) is 0 Å². The van der Waals surface area contributed by atoms with Crippen LogP contribution in [0.1, 0.15) is 13.8 Å². The van der Waals surface area contributed by atoms with Gasteiger partial charge in [-0.05, 0) is 13.8 Å². The van der Waals surface area contributed by atoms with E-state index in [1.165, 1.54) is 0 Å². The summed E-state index contributed by atoms with van der Waals surface area (Å²) in [6, 6.07) is 0. The van der Waals surface area contributed by atoms with Crippen molar-refractivity contribution in [1.29, 1.82) is 0 Å². The van der Waals surface area contributed by atoms with E-state index in [1.54, 1.807) is 0 Å². The minimum Gasteiger partial charge on any atom is -0.389 e. The average Bonchev–Trinajstić information content (AvgIpc) is 2.07. The molecule has 12 heavy (non-hydrogen) atoms. The minimum atomic E-state index is -0.604. The number of rotatable bonds is 2. The van der Waals surface area contributed by atoms with E-state index in [4.69, 9.17) is 5.73 Å². The van der Waals surface area contributed by atoms with Crippen molar-refractivity contribution in [2.24, 2.45) is 5.73 Å². The molecule has 1 rings (SSSR count). The van der Waals surface area contributed by atoms with Crippen molar-refractivity contribution in [2.75, 3.05) is 19.6 Å². The lowest BCUT2D eigenvalue weighted by Crippen LogP contribution is -2.44. The van der Waals surface area contributed by atoms with Gasteiger partial charge in [0.15, 0.2) is 0 Å². The minimum absolute atomic E-state index is 0.260. The standard InChI is InChI=1S/C8H18N2O2/c1-8(2,9)5-10-3-6(11)7(12)4-10/h6-7,11-12H,3-5,9H2,1-2H3. The molecular weight excluding hydrogens is 156 g/mol. The molecule has 0 aromatic rings. The van der Waals surface area contributed by atoms with Crippen LogP contribution in [0.25, 0.3) is 0 Å². The number of nitrogens with two attached hydrogens (primary N) is 1. The topological polar surface area (TPSA) is 69.7 Å². The van der Waals surface area contributed by atoms with Gasteiger partial charge in [0.1, 0.15) is 0 Å². The lowest BCUT2D eigenvalue weighted by molar-refractivity contribution is 0.0572. The fraction of sp³-hybridized carbons (Fsp3) is 1.00. The maximum absolute atomic E-state index is 9.23. The zero-order valence-corrected chi connectivity index (χ0v) is 7.70. The van der Waals surface area contributed by atoms with Gasteiger partial charge < -0.3 is 15.9 Å². The third kappa shape index (κ3) is 2.71. The van der Waals surface area contributed by atoms with Crippen LogP contribution in [0, 0.1) is 0 Å². The normalized spacial score (nSPS) is 32.8. The summed E-state index contributed by atoms with van der Waals surface area (Å²) >= 11 is 0. The van der Waals surface area contributed by atoms with Gasteiger partial charge in [0.2, 0.25) is 0 Å². The fourth-order valence-electron chi connectivity index (χ4n) is 1.55. The highest BCUT2D eigenvalue weighted by Gasteiger charge is 2.31. The van der Waals surface area contributed by atoms with Gasteiger partial charge in [-0.3, -0.25) is 4.90 Å². The third-order valence-corrected chi connectivity index (χ3v) is 1.97. The number of aliphatic hydroxyl groups is 2. The zero-order chi connectivity index (χ0) is 9.35. The molecule has 0 aromatic heterocycles. The van der Waals surface area contributed by atoms with E-state index in [9.17, 15) is 10.2 Å². The molecule has 4 nitrogen and oxygen atoms in total. The van der Waals surface area contributed by atoms with Crippen molar-refractivity contribution in [3.05, 3.63) is 0 Å². The van der Waals surface area contributed by atoms with Crippen LogP contribution < -0.4 is 5.73 Å². The molecule has 1 aliphatic rings. The molecule has 1 saturated heterocycles. The highest BCUT2D eigenvalue weighted by molar-refractivity contribution is 4.87. The first kappa shape index (κ1) is 9.92. The van der Waals surface area contributed by atoms with Gasteiger partial charge in [0.25, 0.3) is 0 Å². The second kappa shape index (κ2) is 3.30. The molecule has 1 aliphatic heterocycles. The van der Waals surface area contributed by atoms with Crippen LogP contribution >= 0.6 is 0 Å². The highest BCUT2D eigenvalue weighted by Crippen LogP contribution is 2.12. The van der Waals surface area contributed by atoms with Crippen LogP contribution in [0.15, 0.2) is 0 Å². The SMILES string of the molecule is CC(C)(N)CN1CC(O)C(O)C1. The number of aliphatic hydroxyl groups excluding tert-OH is 2. The largest absolute Gasteiger partial charge is 0.389 e. The molecule has 2 atom stereocenters. The predicted octanol–water partition coefficient (Wildman–Crippen LogP) is -1.24. The fourth-order valence-corrected chi connectivity index (χ4v) is 1.55. The van der Waals surface area contributed by atoms with E-state index in [0.717, 1.165) is 0 Å². The van der Waals surface area contributed by atoms with Crippen molar-refractivity contribution in [2.45, 2.75) is 31.6 Å². The zero-order valence-electron chi connectivity index (χ0n) is 7.70. The number of likely N-dealkylation sites (tertiary alicyclic amines) is 1. The summed E-state index contributed by atoms with van der Waals surface area (Å²) < 4.78 is 0. The first-order valence-corrected chi connectivity index (χ1v) is 4.26. The quantitative estimate of drug-likeness (QED) is 0.490. The molecule has 72 valence electrons. The summed E-state index contributed by atoms with van der Waals surface area (Å²) in [5.74, 6) is 0. The molecule has 0 aliphatic carbocycles. The maximum Gasteiger partial charge on any atom is 0.0938 e. The predicted molar refractivity (Wildman–Crippen MR) is 46.7 cm³/mol. The number of hydrogen-bond donors (Lipinski definition) is 3. The van der Waals surface area contributed by atoms with E-state index in [0.29, 0.717) is 19.6 Å². The van der Waals surface area contributed by atoms with Crippen molar-refractivity contribution < 1.29 is 10.2 Å². The van der Waals surface area contributed by atoms with Crippen molar-refractivity contribution in [1.82, 2.24) is 4.90 Å². The molecule has 4 heteroatoms. The Balaban J connectivity index is 2.38. The molecule has 4 N–H and O–H groups in total. The molecule has 0 saturated carbocycles. The van der Waals surface area contributed by atoms with Gasteiger partial charge >= 0.3 is 0 Å². The summed E-state index contributed by atoms with van der Waals surface area (Å²) in [5.41, 5.74) is 5.54. The van der Waals surface area contributed by atoms with E-state index in [-0.39, 0.29) is 5.54 Å². The molecule has 0 spiro atoms. The molecule has 2 unspecified atom stereocenters. The molecule has 0 radical (unpaired) electrons. The maximum atomic E-state index is 9.23. The molecule has 0 aromatic carbocycles. The van der Waals surface area contributed by atoms with Gasteiger partial charge in [-0.15, -0.1) is 0 Å². The number of hydrogen-bond acceptors (Lipinski definition) is 4. The van der Waals surface area contributed by atoms with Crippen molar-refractivity contribution >= 4 is 0 Å². The van der Waals surface area contributed by atoms with E-state index < -0.39 is 12.2 Å². The van der Waals surface area contributed by atoms with Crippen LogP contribution in [-0.4, -0.2) is 52.5 Å². The first-order chi connectivity index (χ1) is 5.38. The van der Waals surface area contributed by atoms with Crippen LogP contribution in [0.2, 0.25) is 0 Å². The van der Waals surface area contributed by atoms with Gasteiger partial charge in [0.05, 0.1) is 12.2 Å². The summed E-state index contributed by atoms with van der Waals surface area (Å²) in [4.78, 5) is 1.98. The molecular formula is C8H18N2O2. The second-order valence-electron chi connectivity index (χ2n) is 4.32. The molecule has 0 bridgehead atoms. The lowest BCUT2D eigenvalue weighted by atomic mass is 10.1. The molecule has 0 amide bonds. The summed E-state index contributed by atoms with van der Waals surface area (Å²) in [7, 11) is 0. The monoisotopic (exact) mass is 174 g/mol. The van der Waals surface area contributed by atoms with Gasteiger partial charge in [0, 0.05) is 25.2 Å². The first-order valence-electron chi connectivity index (χ1n) is 4.26. The Kier molecular flexibility index (Phi) is 2.73. The van der Waals surface area contributed by atoms with Gasteiger partial charge in [-0.2, -0.15) is 0 Å². The summed E-state index contributed by atoms with van der Waals surface area (Å²) in [6.07, 6.45) is -1.21. The van der Waals surface area contributed by atoms with E-state index in [1.807, 2.05) is 18.7 Å². The van der Waals surface area contributed by atoms with Crippen molar-refractivity contribution in [3.63, 3.8) is 0 Å². The molecule has 1 fully saturated rings. The van der Waals surface area contributed by atoms with E-state index >= 15 is 0 Å². The Morgan fingerprint density at radius 3 is 2.08 bits per heavy atom. The second-order valence-corrected chi connectivity index (χ2v) is 4.32. The Hall–Kier alpha value is -0.160. The van der Waals surface area contributed by atoms with Gasteiger partial charge in [-0.1, -0.05) is 0 Å². The lowest BCUT2D eigenvalue weighted by Gasteiger charge is -2.25. The third-order valence-electron chi connectivity index (χ3n) is 1.97. The number of β-amino-alcohol motifs (C(OH)–C–C–N with tert-alkyl or cyclic N) is 2.